The average molecular weight is 342 g/mol. The number of aromatic nitrogens is 3. The molecule has 1 heterocycles. The molecule has 4 rings (SSSR count). The number of aryl methyl sites for hydroxylation is 2. The highest BCUT2D eigenvalue weighted by Crippen LogP contribution is 2.46. The molecule has 2 aliphatic rings. The van der Waals surface area contributed by atoms with Gasteiger partial charge in [-0.15, -0.1) is 10.2 Å². The maximum Gasteiger partial charge on any atom is 0.217 e. The maximum absolute atomic E-state index is 11.1. The summed E-state index contributed by atoms with van der Waals surface area (Å²) in [7, 11) is 0. The van der Waals surface area contributed by atoms with Crippen molar-refractivity contribution in [2.75, 3.05) is 0 Å². The first-order chi connectivity index (χ1) is 11.7. The standard InChI is InChI=1S/C18H22N4OS/c19-16(23)10-11-17-20-21-18(22(17)13-8-9-13)24-15-7-3-5-12-4-1-2-6-14(12)15/h1-2,4,6,13,15H,3,5,7-11H2,(H2,19,23)/t15-/m0/s1. The van der Waals surface area contributed by atoms with Crippen molar-refractivity contribution in [2.45, 2.75) is 61.4 Å². The summed E-state index contributed by atoms with van der Waals surface area (Å²) in [4.78, 5) is 11.1. The summed E-state index contributed by atoms with van der Waals surface area (Å²) in [5.74, 6) is 0.624. The Hall–Kier alpha value is -1.82. The van der Waals surface area contributed by atoms with E-state index < -0.39 is 0 Å². The quantitative estimate of drug-likeness (QED) is 0.875. The molecule has 0 aliphatic heterocycles. The van der Waals surface area contributed by atoms with Crippen LogP contribution in [0.15, 0.2) is 29.4 Å². The molecule has 0 radical (unpaired) electrons. The van der Waals surface area contributed by atoms with E-state index in [2.05, 4.69) is 39.0 Å². The fraction of sp³-hybridized carbons (Fsp3) is 0.500. The lowest BCUT2D eigenvalue weighted by molar-refractivity contribution is -0.118. The Bertz CT molecular complexity index is 753. The highest BCUT2D eigenvalue weighted by molar-refractivity contribution is 7.99. The number of nitrogens with zero attached hydrogens (tertiary/aromatic N) is 3. The Labute approximate surface area is 146 Å². The van der Waals surface area contributed by atoms with Crippen LogP contribution in [0.2, 0.25) is 0 Å². The number of hydrogen-bond acceptors (Lipinski definition) is 4. The molecule has 1 amide bonds. The summed E-state index contributed by atoms with van der Waals surface area (Å²) in [6.07, 6.45) is 6.85. The largest absolute Gasteiger partial charge is 0.370 e. The summed E-state index contributed by atoms with van der Waals surface area (Å²) in [6.45, 7) is 0. The molecular formula is C18H22N4OS. The van der Waals surface area contributed by atoms with Crippen LogP contribution in [0.4, 0.5) is 0 Å². The Balaban J connectivity index is 1.58. The summed E-state index contributed by atoms with van der Waals surface area (Å²) in [5, 5.41) is 10.2. The number of carbonyl (C=O) groups is 1. The Morgan fingerprint density at radius 2 is 2.08 bits per heavy atom. The predicted molar refractivity (Wildman–Crippen MR) is 93.8 cm³/mol. The number of amides is 1. The molecule has 0 unspecified atom stereocenters. The number of nitrogens with two attached hydrogens (primary N) is 1. The maximum atomic E-state index is 11.1. The second kappa shape index (κ2) is 6.59. The van der Waals surface area contributed by atoms with Gasteiger partial charge in [0.05, 0.1) is 0 Å². The number of hydrogen-bond donors (Lipinski definition) is 1. The highest BCUT2D eigenvalue weighted by Gasteiger charge is 2.31. The number of thioether (sulfide) groups is 1. The van der Waals surface area contributed by atoms with E-state index in [0.717, 1.165) is 11.0 Å². The fourth-order valence-electron chi connectivity index (χ4n) is 3.45. The van der Waals surface area contributed by atoms with E-state index in [-0.39, 0.29) is 5.91 Å². The lowest BCUT2D eigenvalue weighted by Crippen LogP contribution is -2.13. The fourth-order valence-corrected chi connectivity index (χ4v) is 4.80. The minimum absolute atomic E-state index is 0.282. The zero-order valence-electron chi connectivity index (χ0n) is 13.6. The van der Waals surface area contributed by atoms with Crippen LogP contribution < -0.4 is 5.73 Å². The summed E-state index contributed by atoms with van der Waals surface area (Å²) in [5.41, 5.74) is 8.20. The second-order valence-electron chi connectivity index (χ2n) is 6.66. The monoisotopic (exact) mass is 342 g/mol. The van der Waals surface area contributed by atoms with Gasteiger partial charge in [0.1, 0.15) is 5.82 Å². The third-order valence-corrected chi connectivity index (χ3v) is 6.07. The first kappa shape index (κ1) is 15.7. The number of benzene rings is 1. The minimum atomic E-state index is -0.282. The summed E-state index contributed by atoms with van der Waals surface area (Å²) < 4.78 is 2.25. The van der Waals surface area contributed by atoms with Crippen LogP contribution in [-0.4, -0.2) is 20.7 Å². The molecule has 0 bridgehead atoms. The van der Waals surface area contributed by atoms with Gasteiger partial charge in [-0.25, -0.2) is 0 Å². The van der Waals surface area contributed by atoms with Crippen molar-refractivity contribution in [2.24, 2.45) is 5.73 Å². The van der Waals surface area contributed by atoms with Gasteiger partial charge in [-0.1, -0.05) is 36.0 Å². The van der Waals surface area contributed by atoms with E-state index in [0.29, 0.717) is 24.1 Å². The molecule has 2 N–H and O–H groups in total. The van der Waals surface area contributed by atoms with Gasteiger partial charge in [0.25, 0.3) is 0 Å². The van der Waals surface area contributed by atoms with Gasteiger partial charge in [0.2, 0.25) is 5.91 Å². The van der Waals surface area contributed by atoms with Gasteiger partial charge in [-0.3, -0.25) is 4.79 Å². The first-order valence-corrected chi connectivity index (χ1v) is 9.57. The molecule has 24 heavy (non-hydrogen) atoms. The molecule has 5 nitrogen and oxygen atoms in total. The lowest BCUT2D eigenvalue weighted by Gasteiger charge is -2.24. The van der Waals surface area contributed by atoms with Gasteiger partial charge < -0.3 is 10.3 Å². The molecule has 6 heteroatoms. The molecule has 1 aromatic heterocycles. The van der Waals surface area contributed by atoms with E-state index in [9.17, 15) is 4.79 Å². The van der Waals surface area contributed by atoms with Gasteiger partial charge in [0.15, 0.2) is 5.16 Å². The van der Waals surface area contributed by atoms with E-state index in [4.69, 9.17) is 5.73 Å². The van der Waals surface area contributed by atoms with Crippen molar-refractivity contribution in [1.82, 2.24) is 14.8 Å². The van der Waals surface area contributed by atoms with Gasteiger partial charge in [-0.2, -0.15) is 0 Å². The Morgan fingerprint density at radius 3 is 2.88 bits per heavy atom. The van der Waals surface area contributed by atoms with Crippen LogP contribution >= 0.6 is 11.8 Å². The molecule has 0 saturated heterocycles. The van der Waals surface area contributed by atoms with Crippen molar-refractivity contribution in [3.8, 4) is 0 Å². The van der Waals surface area contributed by atoms with Crippen LogP contribution in [0, 0.1) is 0 Å². The van der Waals surface area contributed by atoms with E-state index in [1.165, 1.54) is 43.2 Å². The minimum Gasteiger partial charge on any atom is -0.370 e. The summed E-state index contributed by atoms with van der Waals surface area (Å²) >= 11 is 1.83. The normalized spacial score (nSPS) is 19.9. The topological polar surface area (TPSA) is 73.8 Å². The third kappa shape index (κ3) is 3.20. The zero-order chi connectivity index (χ0) is 16.5. The molecule has 2 aromatic rings. The van der Waals surface area contributed by atoms with Crippen LogP contribution in [0.25, 0.3) is 0 Å². The molecule has 2 aliphatic carbocycles. The SMILES string of the molecule is NC(=O)CCc1nnc(S[C@H]2CCCc3ccccc32)n1C1CC1. The Kier molecular flexibility index (Phi) is 4.31. The Morgan fingerprint density at radius 1 is 1.25 bits per heavy atom. The predicted octanol–water partition coefficient (Wildman–Crippen LogP) is 3.20. The van der Waals surface area contributed by atoms with Crippen molar-refractivity contribution >= 4 is 17.7 Å². The first-order valence-electron chi connectivity index (χ1n) is 8.69. The average Bonchev–Trinajstić information content (AvgIpc) is 3.35. The van der Waals surface area contributed by atoms with Crippen LogP contribution in [-0.2, 0) is 17.6 Å². The van der Waals surface area contributed by atoms with E-state index in [1.807, 2.05) is 11.8 Å². The number of fused-ring (bicyclic) bond motifs is 1. The van der Waals surface area contributed by atoms with Crippen molar-refractivity contribution in [3.63, 3.8) is 0 Å². The van der Waals surface area contributed by atoms with Crippen LogP contribution in [0.1, 0.15) is 60.3 Å². The van der Waals surface area contributed by atoms with Gasteiger partial charge in [0, 0.05) is 24.1 Å². The number of carbonyl (C=O) groups excluding carboxylic acids is 1. The van der Waals surface area contributed by atoms with E-state index in [1.54, 1.807) is 0 Å². The van der Waals surface area contributed by atoms with Crippen LogP contribution in [0.3, 0.4) is 0 Å². The van der Waals surface area contributed by atoms with Crippen molar-refractivity contribution < 1.29 is 4.79 Å². The molecule has 0 spiro atoms. The molecule has 126 valence electrons. The van der Waals surface area contributed by atoms with Crippen molar-refractivity contribution in [1.29, 1.82) is 0 Å². The number of primary amides is 1. The van der Waals surface area contributed by atoms with Crippen molar-refractivity contribution in [3.05, 3.63) is 41.2 Å². The van der Waals surface area contributed by atoms with E-state index >= 15 is 0 Å². The molecule has 1 aromatic carbocycles. The number of rotatable bonds is 6. The molecule has 1 fully saturated rings. The lowest BCUT2D eigenvalue weighted by atomic mass is 9.91. The third-order valence-electron chi connectivity index (χ3n) is 4.80. The van der Waals surface area contributed by atoms with Crippen LogP contribution in [0.5, 0.6) is 0 Å². The molecular weight excluding hydrogens is 320 g/mol. The molecule has 1 saturated carbocycles. The smallest absolute Gasteiger partial charge is 0.217 e. The second-order valence-corrected chi connectivity index (χ2v) is 7.83. The van der Waals surface area contributed by atoms with Gasteiger partial charge >= 0.3 is 0 Å². The summed E-state index contributed by atoms with van der Waals surface area (Å²) in [6, 6.07) is 9.25. The highest BCUT2D eigenvalue weighted by atomic mass is 32.2. The van der Waals surface area contributed by atoms with Gasteiger partial charge in [-0.05, 0) is 43.2 Å². The zero-order valence-corrected chi connectivity index (χ0v) is 14.5. The molecule has 1 atom stereocenters.